The van der Waals surface area contributed by atoms with Crippen LogP contribution in [0.2, 0.25) is 0 Å². The van der Waals surface area contributed by atoms with E-state index < -0.39 is 0 Å². The fraction of sp³-hybridized carbons (Fsp3) is 0.364. The van der Waals surface area contributed by atoms with E-state index >= 15 is 0 Å². The minimum absolute atomic E-state index is 0.851. The Balaban J connectivity index is 1.85. The van der Waals surface area contributed by atoms with E-state index in [2.05, 4.69) is 32.6 Å². The van der Waals surface area contributed by atoms with Crippen molar-refractivity contribution in [2.75, 3.05) is 11.9 Å². The number of aromatic nitrogens is 3. The lowest BCUT2D eigenvalue weighted by Gasteiger charge is -2.04. The molecule has 4 nitrogen and oxygen atoms in total. The molecule has 1 N–H and O–H groups in total. The molecule has 2 aromatic heterocycles. The second kappa shape index (κ2) is 5.55. The molecule has 2 aromatic rings. The monoisotopic (exact) mass is 234 g/mol. The van der Waals surface area contributed by atoms with Gasteiger partial charge in [0.15, 0.2) is 0 Å². The van der Waals surface area contributed by atoms with Gasteiger partial charge in [-0.3, -0.25) is 0 Å². The lowest BCUT2D eigenvalue weighted by atomic mass is 10.3. The van der Waals surface area contributed by atoms with Crippen LogP contribution in [0.1, 0.15) is 18.3 Å². The molecule has 0 spiro atoms. The van der Waals surface area contributed by atoms with E-state index in [0.717, 1.165) is 36.6 Å². The molecule has 0 unspecified atom stereocenters. The van der Waals surface area contributed by atoms with Gasteiger partial charge in [0.05, 0.1) is 11.2 Å². The lowest BCUT2D eigenvalue weighted by Crippen LogP contribution is -2.07. The van der Waals surface area contributed by atoms with Crippen molar-refractivity contribution in [3.8, 4) is 0 Å². The number of aryl methyl sites for hydroxylation is 1. The first-order valence-corrected chi connectivity index (χ1v) is 6.24. The fourth-order valence-corrected chi connectivity index (χ4v) is 1.96. The SMILES string of the molecule is CCc1cc(NCCc2cscn2)ncn1. The number of anilines is 1. The van der Waals surface area contributed by atoms with Gasteiger partial charge in [0.25, 0.3) is 0 Å². The van der Waals surface area contributed by atoms with Gasteiger partial charge in [0.1, 0.15) is 12.1 Å². The molecule has 0 amide bonds. The van der Waals surface area contributed by atoms with Crippen LogP contribution in [0.15, 0.2) is 23.3 Å². The molecule has 0 aliphatic carbocycles. The van der Waals surface area contributed by atoms with Crippen molar-refractivity contribution in [2.24, 2.45) is 0 Å². The van der Waals surface area contributed by atoms with Crippen LogP contribution in [0.4, 0.5) is 5.82 Å². The Bertz CT molecular complexity index is 427. The van der Waals surface area contributed by atoms with Gasteiger partial charge in [-0.2, -0.15) is 0 Å². The highest BCUT2D eigenvalue weighted by Gasteiger charge is 1.98. The van der Waals surface area contributed by atoms with Gasteiger partial charge < -0.3 is 5.32 Å². The molecule has 16 heavy (non-hydrogen) atoms. The van der Waals surface area contributed by atoms with E-state index in [-0.39, 0.29) is 0 Å². The minimum atomic E-state index is 0.851. The highest BCUT2D eigenvalue weighted by molar-refractivity contribution is 7.07. The number of hydrogen-bond donors (Lipinski definition) is 1. The summed E-state index contributed by atoms with van der Waals surface area (Å²) in [6.45, 7) is 2.94. The van der Waals surface area contributed by atoms with Gasteiger partial charge in [-0.15, -0.1) is 11.3 Å². The Labute approximate surface area is 98.8 Å². The van der Waals surface area contributed by atoms with E-state index in [4.69, 9.17) is 0 Å². The summed E-state index contributed by atoms with van der Waals surface area (Å²) in [6, 6.07) is 1.99. The molecule has 2 rings (SSSR count). The molecular weight excluding hydrogens is 220 g/mol. The molecule has 5 heteroatoms. The summed E-state index contributed by atoms with van der Waals surface area (Å²) >= 11 is 1.63. The number of rotatable bonds is 5. The smallest absolute Gasteiger partial charge is 0.129 e. The average molecular weight is 234 g/mol. The van der Waals surface area contributed by atoms with Crippen molar-refractivity contribution in [1.82, 2.24) is 15.0 Å². The second-order valence-corrected chi connectivity index (χ2v) is 4.12. The first-order valence-electron chi connectivity index (χ1n) is 5.30. The fourth-order valence-electron chi connectivity index (χ4n) is 1.37. The Morgan fingerprint density at radius 2 is 2.19 bits per heavy atom. The third-order valence-corrected chi connectivity index (χ3v) is 2.89. The van der Waals surface area contributed by atoms with Gasteiger partial charge in [0, 0.05) is 30.1 Å². The maximum absolute atomic E-state index is 4.23. The van der Waals surface area contributed by atoms with Crippen LogP contribution in [-0.2, 0) is 12.8 Å². The van der Waals surface area contributed by atoms with Crippen molar-refractivity contribution in [3.63, 3.8) is 0 Å². The summed E-state index contributed by atoms with van der Waals surface area (Å²) in [7, 11) is 0. The maximum atomic E-state index is 4.23. The Morgan fingerprint density at radius 3 is 2.94 bits per heavy atom. The number of thiazole rings is 1. The van der Waals surface area contributed by atoms with Crippen molar-refractivity contribution in [3.05, 3.63) is 34.7 Å². The van der Waals surface area contributed by atoms with Crippen molar-refractivity contribution in [2.45, 2.75) is 19.8 Å². The van der Waals surface area contributed by atoms with Crippen molar-refractivity contribution >= 4 is 17.2 Å². The van der Waals surface area contributed by atoms with Crippen LogP contribution in [0, 0.1) is 0 Å². The van der Waals surface area contributed by atoms with Gasteiger partial charge in [-0.25, -0.2) is 15.0 Å². The summed E-state index contributed by atoms with van der Waals surface area (Å²) in [6.07, 6.45) is 3.46. The van der Waals surface area contributed by atoms with Gasteiger partial charge >= 0.3 is 0 Å². The summed E-state index contributed by atoms with van der Waals surface area (Å²) < 4.78 is 0. The Hall–Kier alpha value is -1.49. The zero-order valence-electron chi connectivity index (χ0n) is 9.18. The lowest BCUT2D eigenvalue weighted by molar-refractivity contribution is 0.949. The second-order valence-electron chi connectivity index (χ2n) is 3.40. The molecule has 0 atom stereocenters. The molecule has 0 saturated heterocycles. The largest absolute Gasteiger partial charge is 0.370 e. The summed E-state index contributed by atoms with van der Waals surface area (Å²) in [4.78, 5) is 12.5. The Kier molecular flexibility index (Phi) is 3.82. The zero-order chi connectivity index (χ0) is 11.2. The van der Waals surface area contributed by atoms with Gasteiger partial charge in [-0.05, 0) is 6.42 Å². The normalized spacial score (nSPS) is 10.3. The topological polar surface area (TPSA) is 50.7 Å². The van der Waals surface area contributed by atoms with E-state index in [0.29, 0.717) is 0 Å². The molecule has 84 valence electrons. The van der Waals surface area contributed by atoms with E-state index in [1.807, 2.05) is 11.6 Å². The molecule has 0 aliphatic heterocycles. The van der Waals surface area contributed by atoms with Crippen molar-refractivity contribution in [1.29, 1.82) is 0 Å². The predicted molar refractivity (Wildman–Crippen MR) is 65.7 cm³/mol. The highest BCUT2D eigenvalue weighted by Crippen LogP contribution is 2.06. The van der Waals surface area contributed by atoms with Gasteiger partial charge in [-0.1, -0.05) is 6.92 Å². The molecule has 2 heterocycles. The number of nitrogens with one attached hydrogen (secondary N) is 1. The van der Waals surface area contributed by atoms with E-state index in [1.54, 1.807) is 17.7 Å². The number of hydrogen-bond acceptors (Lipinski definition) is 5. The first-order chi connectivity index (χ1) is 7.88. The molecule has 0 bridgehead atoms. The predicted octanol–water partition coefficient (Wildman–Crippen LogP) is 2.15. The van der Waals surface area contributed by atoms with Crippen molar-refractivity contribution < 1.29 is 0 Å². The quantitative estimate of drug-likeness (QED) is 0.861. The molecule has 0 radical (unpaired) electrons. The molecule has 0 saturated carbocycles. The van der Waals surface area contributed by atoms with E-state index in [1.165, 1.54) is 0 Å². The van der Waals surface area contributed by atoms with Crippen LogP contribution in [0.3, 0.4) is 0 Å². The third kappa shape index (κ3) is 3.00. The van der Waals surface area contributed by atoms with Crippen LogP contribution in [0.5, 0.6) is 0 Å². The molecule has 0 aliphatic rings. The summed E-state index contributed by atoms with van der Waals surface area (Å²) in [5, 5.41) is 5.34. The van der Waals surface area contributed by atoms with Crippen LogP contribution in [0.25, 0.3) is 0 Å². The third-order valence-electron chi connectivity index (χ3n) is 2.26. The van der Waals surface area contributed by atoms with E-state index in [9.17, 15) is 0 Å². The maximum Gasteiger partial charge on any atom is 0.129 e. The molecule has 0 aromatic carbocycles. The Morgan fingerprint density at radius 1 is 1.25 bits per heavy atom. The standard InChI is InChI=1S/C11H14N4S/c1-2-9-5-11(14-7-13-9)12-4-3-10-6-16-8-15-10/h5-8H,2-4H2,1H3,(H,12,13,14). The zero-order valence-corrected chi connectivity index (χ0v) is 10.00. The van der Waals surface area contributed by atoms with Crippen LogP contribution in [-0.4, -0.2) is 21.5 Å². The number of nitrogens with zero attached hydrogens (tertiary/aromatic N) is 3. The molecule has 0 fully saturated rings. The first kappa shape index (κ1) is 11.0. The van der Waals surface area contributed by atoms with Crippen LogP contribution < -0.4 is 5.32 Å². The highest BCUT2D eigenvalue weighted by atomic mass is 32.1. The summed E-state index contributed by atoms with van der Waals surface area (Å²) in [5.41, 5.74) is 4.04. The molecular formula is C11H14N4S. The van der Waals surface area contributed by atoms with Crippen LogP contribution >= 0.6 is 11.3 Å². The average Bonchev–Trinajstić information content (AvgIpc) is 2.82. The summed E-state index contributed by atoms with van der Waals surface area (Å²) in [5.74, 6) is 0.891. The minimum Gasteiger partial charge on any atom is -0.370 e. The van der Waals surface area contributed by atoms with Gasteiger partial charge in [0.2, 0.25) is 0 Å².